The molecule has 1 N–H and O–H groups in total. The van der Waals surface area contributed by atoms with E-state index in [4.69, 9.17) is 9.47 Å². The summed E-state index contributed by atoms with van der Waals surface area (Å²) in [7, 11) is 3.41. The third-order valence-electron chi connectivity index (χ3n) is 2.49. The number of methoxy groups -OCH3 is 1. The van der Waals surface area contributed by atoms with Crippen LogP contribution in [0.4, 0.5) is 5.82 Å². The summed E-state index contributed by atoms with van der Waals surface area (Å²) in [6.45, 7) is 1.81. The number of halogens is 2. The highest BCUT2D eigenvalue weighted by molar-refractivity contribution is 9.11. The lowest BCUT2D eigenvalue weighted by Crippen LogP contribution is -1.99. The van der Waals surface area contributed by atoms with Crippen LogP contribution in [-0.4, -0.2) is 24.1 Å². The molecule has 20 heavy (non-hydrogen) atoms. The zero-order valence-electron chi connectivity index (χ0n) is 11.2. The molecule has 1 aromatic heterocycles. The summed E-state index contributed by atoms with van der Waals surface area (Å²) >= 11 is 6.88. The van der Waals surface area contributed by atoms with Gasteiger partial charge in [0.2, 0.25) is 5.88 Å². The minimum absolute atomic E-state index is 0.472. The van der Waals surface area contributed by atoms with Gasteiger partial charge in [-0.1, -0.05) is 0 Å². The molecule has 1 heterocycles. The summed E-state index contributed by atoms with van der Waals surface area (Å²) < 4.78 is 12.6. The first-order chi connectivity index (χ1) is 9.53. The molecule has 5 nitrogen and oxygen atoms in total. The number of aromatic nitrogens is 2. The SMILES string of the molecule is CNc1cc(Oc2cc(Br)c(OC)cc2Br)nc(C)n1. The predicted octanol–water partition coefficient (Wildman–Crippen LogP) is 4.15. The van der Waals surface area contributed by atoms with Crippen molar-refractivity contribution in [1.82, 2.24) is 9.97 Å². The van der Waals surface area contributed by atoms with Crippen molar-refractivity contribution in [3.05, 3.63) is 33.0 Å². The van der Waals surface area contributed by atoms with Crippen LogP contribution in [0.3, 0.4) is 0 Å². The number of nitrogens with one attached hydrogen (secondary N) is 1. The van der Waals surface area contributed by atoms with E-state index < -0.39 is 0 Å². The largest absolute Gasteiger partial charge is 0.496 e. The normalized spacial score (nSPS) is 10.2. The van der Waals surface area contributed by atoms with Gasteiger partial charge in [-0.15, -0.1) is 0 Å². The van der Waals surface area contributed by atoms with Crippen LogP contribution >= 0.6 is 31.9 Å². The molecule has 0 aliphatic rings. The molecule has 0 amide bonds. The van der Waals surface area contributed by atoms with E-state index in [9.17, 15) is 0 Å². The second kappa shape index (κ2) is 6.41. The Bertz CT molecular complexity index is 635. The van der Waals surface area contributed by atoms with Crippen LogP contribution in [0.25, 0.3) is 0 Å². The number of nitrogens with zero attached hydrogens (tertiary/aromatic N) is 2. The van der Waals surface area contributed by atoms with Crippen LogP contribution in [-0.2, 0) is 0 Å². The van der Waals surface area contributed by atoms with Crippen molar-refractivity contribution in [3.8, 4) is 17.4 Å². The molecule has 106 valence electrons. The van der Waals surface area contributed by atoms with E-state index >= 15 is 0 Å². The Hall–Kier alpha value is -1.34. The molecule has 0 saturated carbocycles. The van der Waals surface area contributed by atoms with Crippen molar-refractivity contribution >= 4 is 37.7 Å². The Morgan fingerprint density at radius 2 is 1.70 bits per heavy atom. The lowest BCUT2D eigenvalue weighted by atomic mass is 10.3. The molecule has 0 atom stereocenters. The van der Waals surface area contributed by atoms with Crippen molar-refractivity contribution < 1.29 is 9.47 Å². The molecule has 0 fully saturated rings. The van der Waals surface area contributed by atoms with E-state index in [-0.39, 0.29) is 0 Å². The summed E-state index contributed by atoms with van der Waals surface area (Å²) in [5.74, 6) is 3.17. The minimum atomic E-state index is 0.472. The Labute approximate surface area is 134 Å². The fourth-order valence-corrected chi connectivity index (χ4v) is 2.47. The molecule has 2 rings (SSSR count). The highest BCUT2D eigenvalue weighted by Gasteiger charge is 2.11. The summed E-state index contributed by atoms with van der Waals surface area (Å²) in [6.07, 6.45) is 0. The fourth-order valence-electron chi connectivity index (χ4n) is 1.58. The first-order valence-corrected chi connectivity index (χ1v) is 7.36. The maximum absolute atomic E-state index is 5.79. The van der Waals surface area contributed by atoms with Crippen molar-refractivity contribution in [2.45, 2.75) is 6.92 Å². The number of benzene rings is 1. The second-order valence-corrected chi connectivity index (χ2v) is 5.62. The van der Waals surface area contributed by atoms with Crippen LogP contribution in [0.1, 0.15) is 5.82 Å². The third-order valence-corrected chi connectivity index (χ3v) is 3.73. The minimum Gasteiger partial charge on any atom is -0.496 e. The van der Waals surface area contributed by atoms with Crippen LogP contribution in [0.5, 0.6) is 17.4 Å². The second-order valence-electron chi connectivity index (χ2n) is 3.91. The standard InChI is InChI=1S/C13H13Br2N3O2/c1-7-17-12(16-2)6-13(18-7)20-11-5-8(14)10(19-3)4-9(11)15/h4-6H,1-3H3,(H,16,17,18). The van der Waals surface area contributed by atoms with Crippen LogP contribution < -0.4 is 14.8 Å². The van der Waals surface area contributed by atoms with E-state index in [0.29, 0.717) is 23.3 Å². The first kappa shape index (κ1) is 15.1. The van der Waals surface area contributed by atoms with Gasteiger partial charge < -0.3 is 14.8 Å². The van der Waals surface area contributed by atoms with Gasteiger partial charge in [0.05, 0.1) is 16.1 Å². The number of rotatable bonds is 4. The topological polar surface area (TPSA) is 56.3 Å². The summed E-state index contributed by atoms with van der Waals surface area (Å²) in [5.41, 5.74) is 0. The van der Waals surface area contributed by atoms with Crippen molar-refractivity contribution in [3.63, 3.8) is 0 Å². The predicted molar refractivity (Wildman–Crippen MR) is 84.8 cm³/mol. The van der Waals surface area contributed by atoms with Gasteiger partial charge in [0, 0.05) is 13.1 Å². The maximum atomic E-state index is 5.79. The van der Waals surface area contributed by atoms with E-state index in [2.05, 4.69) is 47.1 Å². The van der Waals surface area contributed by atoms with Crippen LogP contribution in [0, 0.1) is 6.92 Å². The average molecular weight is 403 g/mol. The number of hydrogen-bond donors (Lipinski definition) is 1. The highest BCUT2D eigenvalue weighted by atomic mass is 79.9. The van der Waals surface area contributed by atoms with Gasteiger partial charge in [0.1, 0.15) is 23.1 Å². The molecular formula is C13H13Br2N3O2. The van der Waals surface area contributed by atoms with E-state index in [1.165, 1.54) is 0 Å². The van der Waals surface area contributed by atoms with Gasteiger partial charge in [-0.25, -0.2) is 4.98 Å². The molecular weight excluding hydrogens is 390 g/mol. The number of ether oxygens (including phenoxy) is 2. The highest BCUT2D eigenvalue weighted by Crippen LogP contribution is 2.37. The number of anilines is 1. The first-order valence-electron chi connectivity index (χ1n) is 5.78. The summed E-state index contributed by atoms with van der Waals surface area (Å²) in [5, 5.41) is 2.97. The van der Waals surface area contributed by atoms with Gasteiger partial charge in [-0.05, 0) is 50.9 Å². The van der Waals surface area contributed by atoms with Gasteiger partial charge in [-0.2, -0.15) is 4.98 Å². The van der Waals surface area contributed by atoms with Gasteiger partial charge in [0.15, 0.2) is 0 Å². The summed E-state index contributed by atoms with van der Waals surface area (Å²) in [6, 6.07) is 5.38. The van der Waals surface area contributed by atoms with E-state index in [1.54, 1.807) is 20.2 Å². The Balaban J connectivity index is 2.35. The average Bonchev–Trinajstić information content (AvgIpc) is 2.41. The van der Waals surface area contributed by atoms with E-state index in [1.807, 2.05) is 19.1 Å². The van der Waals surface area contributed by atoms with Crippen molar-refractivity contribution in [2.75, 3.05) is 19.5 Å². The van der Waals surface area contributed by atoms with Gasteiger partial charge in [0.25, 0.3) is 0 Å². The van der Waals surface area contributed by atoms with Crippen LogP contribution in [0.15, 0.2) is 27.1 Å². The fraction of sp³-hybridized carbons (Fsp3) is 0.231. The third kappa shape index (κ3) is 3.40. The maximum Gasteiger partial charge on any atom is 0.224 e. The summed E-state index contributed by atoms with van der Waals surface area (Å²) in [4.78, 5) is 8.47. The lowest BCUT2D eigenvalue weighted by molar-refractivity contribution is 0.408. The molecule has 0 spiro atoms. The Morgan fingerprint density at radius 3 is 2.35 bits per heavy atom. The molecule has 0 saturated heterocycles. The number of hydrogen-bond acceptors (Lipinski definition) is 5. The smallest absolute Gasteiger partial charge is 0.224 e. The van der Waals surface area contributed by atoms with Gasteiger partial charge in [-0.3, -0.25) is 0 Å². The van der Waals surface area contributed by atoms with Crippen LogP contribution in [0.2, 0.25) is 0 Å². The van der Waals surface area contributed by atoms with Crippen molar-refractivity contribution in [2.24, 2.45) is 0 Å². The Morgan fingerprint density at radius 1 is 1.05 bits per heavy atom. The zero-order chi connectivity index (χ0) is 14.7. The van der Waals surface area contributed by atoms with Crippen molar-refractivity contribution in [1.29, 1.82) is 0 Å². The Kier molecular flexibility index (Phi) is 4.82. The molecule has 0 unspecified atom stereocenters. The quantitative estimate of drug-likeness (QED) is 0.832. The molecule has 2 aromatic rings. The molecule has 1 aromatic carbocycles. The molecule has 7 heteroatoms. The molecule has 0 radical (unpaired) electrons. The molecule has 0 aliphatic heterocycles. The zero-order valence-corrected chi connectivity index (χ0v) is 14.4. The molecule has 0 aliphatic carbocycles. The van der Waals surface area contributed by atoms with Gasteiger partial charge >= 0.3 is 0 Å². The monoisotopic (exact) mass is 401 g/mol. The molecule has 0 bridgehead atoms. The lowest BCUT2D eigenvalue weighted by Gasteiger charge is -2.11. The van der Waals surface area contributed by atoms with E-state index in [0.717, 1.165) is 14.7 Å². The number of aryl methyl sites for hydroxylation is 1.